The Bertz CT molecular complexity index is 1270. The number of methoxy groups -OCH3 is 2. The van der Waals surface area contributed by atoms with Crippen LogP contribution in [-0.4, -0.2) is 24.3 Å². The van der Waals surface area contributed by atoms with Gasteiger partial charge in [-0.15, -0.1) is 16.5 Å². The Kier molecular flexibility index (Phi) is 5.44. The molecule has 2 aromatic carbocycles. The smallest absolute Gasteiger partial charge is 0.345 e. The first-order valence-corrected chi connectivity index (χ1v) is 9.77. The number of para-hydroxylation sites is 1. The number of benzene rings is 2. The number of hydrogen-bond donors (Lipinski definition) is 1. The lowest BCUT2D eigenvalue weighted by Gasteiger charge is -2.09. The molecule has 2 heterocycles. The molecule has 0 atom stereocenters. The van der Waals surface area contributed by atoms with E-state index in [4.69, 9.17) is 13.9 Å². The number of aromatic nitrogens is 1. The lowest BCUT2D eigenvalue weighted by molar-refractivity contribution is 0.339. The Morgan fingerprint density at radius 2 is 1.87 bits per heavy atom. The molecule has 0 saturated carbocycles. The average molecular weight is 423 g/mol. The standard InChI is InChI=1S/C21H17N3O5S/c1-27-17-7-12(8-18(28-2)19(17)25)10-22-24-21-23-15(11-30-21)14-9-13-5-3-4-6-16(13)29-20(14)26/h3-9,11,25H,10H2,1-2H3. The monoisotopic (exact) mass is 423 g/mol. The lowest BCUT2D eigenvalue weighted by atomic mass is 10.1. The zero-order chi connectivity index (χ0) is 21.1. The van der Waals surface area contributed by atoms with Crippen molar-refractivity contribution in [3.05, 3.63) is 63.8 Å². The van der Waals surface area contributed by atoms with E-state index in [-0.39, 0.29) is 12.3 Å². The fourth-order valence-corrected chi connectivity index (χ4v) is 3.54. The number of thiazole rings is 1. The molecule has 0 saturated heterocycles. The van der Waals surface area contributed by atoms with Gasteiger partial charge in [-0.05, 0) is 29.8 Å². The maximum atomic E-state index is 12.3. The summed E-state index contributed by atoms with van der Waals surface area (Å²) in [6.45, 7) is 0.236. The predicted molar refractivity (Wildman–Crippen MR) is 113 cm³/mol. The highest BCUT2D eigenvalue weighted by Gasteiger charge is 2.12. The topological polar surface area (TPSA) is 107 Å². The van der Waals surface area contributed by atoms with Crippen molar-refractivity contribution in [1.82, 2.24) is 4.98 Å². The van der Waals surface area contributed by atoms with Crippen LogP contribution >= 0.6 is 11.3 Å². The number of ether oxygens (including phenoxy) is 2. The van der Waals surface area contributed by atoms with Gasteiger partial charge in [0.25, 0.3) is 0 Å². The van der Waals surface area contributed by atoms with Gasteiger partial charge in [-0.3, -0.25) is 0 Å². The van der Waals surface area contributed by atoms with E-state index < -0.39 is 5.63 Å². The van der Waals surface area contributed by atoms with E-state index >= 15 is 0 Å². The molecule has 0 spiro atoms. The van der Waals surface area contributed by atoms with Gasteiger partial charge in [-0.1, -0.05) is 18.2 Å². The van der Waals surface area contributed by atoms with E-state index in [1.54, 1.807) is 29.6 Å². The quantitative estimate of drug-likeness (QED) is 0.348. The van der Waals surface area contributed by atoms with Gasteiger partial charge < -0.3 is 19.0 Å². The van der Waals surface area contributed by atoms with Gasteiger partial charge in [0, 0.05) is 10.8 Å². The number of aromatic hydroxyl groups is 1. The Balaban J connectivity index is 1.55. The summed E-state index contributed by atoms with van der Waals surface area (Å²) in [7, 11) is 2.92. The van der Waals surface area contributed by atoms with Gasteiger partial charge in [-0.2, -0.15) is 5.11 Å². The average Bonchev–Trinajstić information content (AvgIpc) is 3.22. The van der Waals surface area contributed by atoms with Crippen molar-refractivity contribution in [2.45, 2.75) is 6.54 Å². The lowest BCUT2D eigenvalue weighted by Crippen LogP contribution is -2.02. The molecule has 4 aromatic rings. The number of phenolic OH excluding ortho intramolecular Hbond substituents is 1. The highest BCUT2D eigenvalue weighted by molar-refractivity contribution is 7.13. The Morgan fingerprint density at radius 1 is 1.13 bits per heavy atom. The third kappa shape index (κ3) is 3.87. The maximum absolute atomic E-state index is 12.3. The Hall–Kier alpha value is -3.72. The zero-order valence-corrected chi connectivity index (χ0v) is 17.0. The summed E-state index contributed by atoms with van der Waals surface area (Å²) in [5.41, 5.74) is 1.69. The molecule has 0 bridgehead atoms. The second-order valence-corrected chi connectivity index (χ2v) is 7.09. The largest absolute Gasteiger partial charge is 0.502 e. The number of rotatable bonds is 6. The summed E-state index contributed by atoms with van der Waals surface area (Å²) in [6, 6.07) is 12.4. The minimum Gasteiger partial charge on any atom is -0.502 e. The van der Waals surface area contributed by atoms with Crippen LogP contribution in [0.15, 0.2) is 67.3 Å². The highest BCUT2D eigenvalue weighted by Crippen LogP contribution is 2.37. The minimum atomic E-state index is -0.453. The second-order valence-electron chi connectivity index (χ2n) is 6.25. The van der Waals surface area contributed by atoms with Crippen molar-refractivity contribution in [2.75, 3.05) is 14.2 Å². The van der Waals surface area contributed by atoms with Crippen LogP contribution < -0.4 is 15.1 Å². The first-order valence-electron chi connectivity index (χ1n) is 8.89. The SMILES string of the molecule is COc1cc(CN=Nc2nc(-c3cc4ccccc4oc3=O)cs2)cc(OC)c1O. The van der Waals surface area contributed by atoms with Crippen LogP contribution in [-0.2, 0) is 6.54 Å². The van der Waals surface area contributed by atoms with E-state index in [9.17, 15) is 9.90 Å². The van der Waals surface area contributed by atoms with Crippen molar-refractivity contribution < 1.29 is 19.0 Å². The molecule has 9 heteroatoms. The van der Waals surface area contributed by atoms with Gasteiger partial charge in [0.1, 0.15) is 5.58 Å². The number of phenols is 1. The summed E-state index contributed by atoms with van der Waals surface area (Å²) in [4.78, 5) is 16.7. The van der Waals surface area contributed by atoms with E-state index in [2.05, 4.69) is 15.2 Å². The minimum absolute atomic E-state index is 0.0699. The second kappa shape index (κ2) is 8.34. The summed E-state index contributed by atoms with van der Waals surface area (Å²) in [6.07, 6.45) is 0. The van der Waals surface area contributed by atoms with Crippen LogP contribution in [0.4, 0.5) is 5.13 Å². The maximum Gasteiger partial charge on any atom is 0.345 e. The molecule has 4 rings (SSSR count). The van der Waals surface area contributed by atoms with Crippen LogP contribution in [0, 0.1) is 0 Å². The molecule has 0 fully saturated rings. The zero-order valence-electron chi connectivity index (χ0n) is 16.2. The van der Waals surface area contributed by atoms with Gasteiger partial charge in [0.05, 0.1) is 32.0 Å². The van der Waals surface area contributed by atoms with E-state index in [0.29, 0.717) is 33.5 Å². The van der Waals surface area contributed by atoms with Gasteiger partial charge >= 0.3 is 5.63 Å². The van der Waals surface area contributed by atoms with Crippen LogP contribution in [0.1, 0.15) is 5.56 Å². The van der Waals surface area contributed by atoms with Crippen molar-refractivity contribution in [3.8, 4) is 28.5 Å². The third-order valence-electron chi connectivity index (χ3n) is 4.36. The third-order valence-corrected chi connectivity index (χ3v) is 5.08. The van der Waals surface area contributed by atoms with Gasteiger partial charge in [0.15, 0.2) is 11.5 Å². The van der Waals surface area contributed by atoms with Crippen LogP contribution in [0.2, 0.25) is 0 Å². The molecule has 8 nitrogen and oxygen atoms in total. The molecule has 0 aliphatic rings. The number of azo groups is 1. The molecule has 0 amide bonds. The molecular formula is C21H17N3O5S. The van der Waals surface area contributed by atoms with E-state index in [1.165, 1.54) is 25.6 Å². The highest BCUT2D eigenvalue weighted by atomic mass is 32.1. The molecule has 1 N–H and O–H groups in total. The van der Waals surface area contributed by atoms with Crippen molar-refractivity contribution >= 4 is 27.4 Å². The summed E-state index contributed by atoms with van der Waals surface area (Å²) < 4.78 is 15.6. The Morgan fingerprint density at radius 3 is 2.60 bits per heavy atom. The summed E-state index contributed by atoms with van der Waals surface area (Å²) >= 11 is 1.27. The van der Waals surface area contributed by atoms with Crippen molar-refractivity contribution in [3.63, 3.8) is 0 Å². The van der Waals surface area contributed by atoms with Crippen LogP contribution in [0.25, 0.3) is 22.2 Å². The summed E-state index contributed by atoms with van der Waals surface area (Å²) in [5, 5.41) is 21.2. The summed E-state index contributed by atoms with van der Waals surface area (Å²) in [5.74, 6) is 0.512. The fraction of sp³-hybridized carbons (Fsp3) is 0.143. The van der Waals surface area contributed by atoms with Crippen molar-refractivity contribution in [2.24, 2.45) is 10.2 Å². The molecular weight excluding hydrogens is 406 g/mol. The number of hydrogen-bond acceptors (Lipinski definition) is 9. The Labute approximate surface area is 175 Å². The molecule has 0 aliphatic heterocycles. The van der Waals surface area contributed by atoms with E-state index in [0.717, 1.165) is 10.9 Å². The molecule has 0 aliphatic carbocycles. The van der Waals surface area contributed by atoms with Crippen LogP contribution in [0.3, 0.4) is 0 Å². The fourth-order valence-electron chi connectivity index (χ4n) is 2.89. The first kappa shape index (κ1) is 19.6. The molecule has 2 aromatic heterocycles. The molecule has 152 valence electrons. The normalized spacial score (nSPS) is 11.3. The van der Waals surface area contributed by atoms with Crippen LogP contribution in [0.5, 0.6) is 17.2 Å². The predicted octanol–water partition coefficient (Wildman–Crippen LogP) is 4.92. The van der Waals surface area contributed by atoms with Crippen molar-refractivity contribution in [1.29, 1.82) is 0 Å². The number of nitrogens with zero attached hydrogens (tertiary/aromatic N) is 3. The number of fused-ring (bicyclic) bond motifs is 1. The molecule has 0 radical (unpaired) electrons. The van der Waals surface area contributed by atoms with E-state index in [1.807, 2.05) is 18.2 Å². The van der Waals surface area contributed by atoms with Gasteiger partial charge in [0.2, 0.25) is 10.9 Å². The van der Waals surface area contributed by atoms with Gasteiger partial charge in [-0.25, -0.2) is 9.78 Å². The molecule has 0 unspecified atom stereocenters. The first-order chi connectivity index (χ1) is 14.6. The molecule has 30 heavy (non-hydrogen) atoms.